The van der Waals surface area contributed by atoms with Crippen LogP contribution in [-0.2, 0) is 9.53 Å². The van der Waals surface area contributed by atoms with E-state index in [1.54, 1.807) is 60.7 Å². The molecular formula is C24H21NO5. The molecule has 0 saturated heterocycles. The summed E-state index contributed by atoms with van der Waals surface area (Å²) in [6.07, 6.45) is 0.0482. The number of nitrogens with one attached hydrogen (secondary N) is 1. The van der Waals surface area contributed by atoms with Gasteiger partial charge in [-0.3, -0.25) is 14.4 Å². The number of ketones is 1. The number of hydrogen-bond donors (Lipinski definition) is 1. The Balaban J connectivity index is 1.42. The first kappa shape index (κ1) is 20.8. The fourth-order valence-electron chi connectivity index (χ4n) is 2.60. The molecule has 3 aromatic carbocycles. The van der Waals surface area contributed by atoms with Gasteiger partial charge in [0.15, 0.2) is 12.4 Å². The number of benzene rings is 3. The van der Waals surface area contributed by atoms with Crippen LogP contribution in [0.15, 0.2) is 84.9 Å². The third kappa shape index (κ3) is 6.31. The maximum atomic E-state index is 12.2. The number of anilines is 1. The van der Waals surface area contributed by atoms with Gasteiger partial charge in [-0.05, 0) is 48.5 Å². The van der Waals surface area contributed by atoms with Crippen molar-refractivity contribution in [3.63, 3.8) is 0 Å². The number of carbonyl (C=O) groups excluding carboxylic acids is 3. The minimum Gasteiger partial charge on any atom is -0.493 e. The average molecular weight is 403 g/mol. The normalized spacial score (nSPS) is 10.1. The molecule has 152 valence electrons. The van der Waals surface area contributed by atoms with E-state index in [0.29, 0.717) is 22.6 Å². The van der Waals surface area contributed by atoms with E-state index in [0.717, 1.165) is 0 Å². The van der Waals surface area contributed by atoms with E-state index in [4.69, 9.17) is 9.47 Å². The maximum Gasteiger partial charge on any atom is 0.309 e. The summed E-state index contributed by atoms with van der Waals surface area (Å²) in [6.45, 7) is -0.174. The van der Waals surface area contributed by atoms with Crippen LogP contribution in [0.25, 0.3) is 0 Å². The van der Waals surface area contributed by atoms with Crippen molar-refractivity contribution in [1.82, 2.24) is 0 Å². The zero-order chi connectivity index (χ0) is 21.2. The second-order valence-corrected chi connectivity index (χ2v) is 6.39. The summed E-state index contributed by atoms with van der Waals surface area (Å²) in [7, 11) is 0. The summed E-state index contributed by atoms with van der Waals surface area (Å²) in [5, 5.41) is 2.76. The Morgan fingerprint density at radius 3 is 2.03 bits per heavy atom. The summed E-state index contributed by atoms with van der Waals surface area (Å²) in [4.78, 5) is 36.1. The molecule has 0 aliphatic heterocycles. The smallest absolute Gasteiger partial charge is 0.309 e. The highest BCUT2D eigenvalue weighted by atomic mass is 16.5. The van der Waals surface area contributed by atoms with Crippen molar-refractivity contribution in [3.05, 3.63) is 96.1 Å². The highest BCUT2D eigenvalue weighted by molar-refractivity contribution is 6.04. The van der Waals surface area contributed by atoms with Crippen molar-refractivity contribution in [2.24, 2.45) is 0 Å². The second kappa shape index (κ2) is 10.6. The molecule has 0 bridgehead atoms. The monoisotopic (exact) mass is 403 g/mol. The quantitative estimate of drug-likeness (QED) is 0.429. The van der Waals surface area contributed by atoms with E-state index >= 15 is 0 Å². The molecular weight excluding hydrogens is 382 g/mol. The Kier molecular flexibility index (Phi) is 7.33. The van der Waals surface area contributed by atoms with Gasteiger partial charge in [0, 0.05) is 16.8 Å². The number of hydrogen-bond acceptors (Lipinski definition) is 5. The lowest BCUT2D eigenvalue weighted by Crippen LogP contribution is -2.16. The minimum absolute atomic E-state index is 0.0482. The Morgan fingerprint density at radius 2 is 1.37 bits per heavy atom. The Labute approximate surface area is 174 Å². The Bertz CT molecular complexity index is 985. The summed E-state index contributed by atoms with van der Waals surface area (Å²) in [5.41, 5.74) is 1.50. The van der Waals surface area contributed by atoms with Gasteiger partial charge in [-0.1, -0.05) is 36.4 Å². The van der Waals surface area contributed by atoms with Crippen molar-refractivity contribution in [2.45, 2.75) is 6.42 Å². The fourth-order valence-corrected chi connectivity index (χ4v) is 2.60. The SMILES string of the molecule is O=C(CCOc1ccccc1)OCC(=O)c1ccc(NC(=O)c2ccccc2)cc1. The molecule has 0 saturated carbocycles. The van der Waals surface area contributed by atoms with Gasteiger partial charge in [0.2, 0.25) is 0 Å². The zero-order valence-corrected chi connectivity index (χ0v) is 16.2. The lowest BCUT2D eigenvalue weighted by atomic mass is 10.1. The molecule has 0 aliphatic carbocycles. The molecule has 0 atom stereocenters. The molecule has 0 unspecified atom stereocenters. The molecule has 0 aliphatic rings. The molecule has 6 nitrogen and oxygen atoms in total. The average Bonchev–Trinajstić information content (AvgIpc) is 2.79. The lowest BCUT2D eigenvalue weighted by Gasteiger charge is -2.08. The third-order valence-corrected chi connectivity index (χ3v) is 4.18. The van der Waals surface area contributed by atoms with Gasteiger partial charge < -0.3 is 14.8 Å². The highest BCUT2D eigenvalue weighted by Crippen LogP contribution is 2.13. The van der Waals surface area contributed by atoms with Gasteiger partial charge in [0.25, 0.3) is 5.91 Å². The number of para-hydroxylation sites is 1. The van der Waals surface area contributed by atoms with Crippen LogP contribution < -0.4 is 10.1 Å². The standard InChI is InChI=1S/C24H21NO5/c26-22(17-30-23(27)15-16-29-21-9-5-2-6-10-21)18-11-13-20(14-12-18)25-24(28)19-7-3-1-4-8-19/h1-14H,15-17H2,(H,25,28). The molecule has 0 heterocycles. The first-order chi connectivity index (χ1) is 14.6. The van der Waals surface area contributed by atoms with Crippen LogP contribution in [0.1, 0.15) is 27.1 Å². The van der Waals surface area contributed by atoms with Crippen molar-refractivity contribution in [1.29, 1.82) is 0 Å². The topological polar surface area (TPSA) is 81.7 Å². The number of ether oxygens (including phenoxy) is 2. The predicted octanol–water partition coefficient (Wildman–Crippen LogP) is 4.13. The van der Waals surface area contributed by atoms with E-state index in [1.807, 2.05) is 24.3 Å². The number of esters is 1. The van der Waals surface area contributed by atoms with Crippen LogP contribution in [0.2, 0.25) is 0 Å². The highest BCUT2D eigenvalue weighted by Gasteiger charge is 2.11. The number of carbonyl (C=O) groups is 3. The largest absolute Gasteiger partial charge is 0.493 e. The van der Waals surface area contributed by atoms with E-state index < -0.39 is 5.97 Å². The minimum atomic E-state index is -0.508. The van der Waals surface area contributed by atoms with Gasteiger partial charge in [0.1, 0.15) is 5.75 Å². The molecule has 0 fully saturated rings. The summed E-state index contributed by atoms with van der Waals surface area (Å²) >= 11 is 0. The van der Waals surface area contributed by atoms with Crippen LogP contribution in [0.3, 0.4) is 0 Å². The fraction of sp³-hybridized carbons (Fsp3) is 0.125. The van der Waals surface area contributed by atoms with Gasteiger partial charge >= 0.3 is 5.97 Å². The van der Waals surface area contributed by atoms with Crippen molar-refractivity contribution < 1.29 is 23.9 Å². The van der Waals surface area contributed by atoms with E-state index in [2.05, 4.69) is 5.32 Å². The predicted molar refractivity (Wildman–Crippen MR) is 113 cm³/mol. The van der Waals surface area contributed by atoms with Crippen LogP contribution in [-0.4, -0.2) is 30.9 Å². The van der Waals surface area contributed by atoms with Crippen molar-refractivity contribution in [3.8, 4) is 5.75 Å². The van der Waals surface area contributed by atoms with Gasteiger partial charge in [-0.15, -0.1) is 0 Å². The van der Waals surface area contributed by atoms with Crippen LogP contribution >= 0.6 is 0 Å². The Hall–Kier alpha value is -3.93. The van der Waals surface area contributed by atoms with Crippen molar-refractivity contribution >= 4 is 23.3 Å². The maximum absolute atomic E-state index is 12.2. The number of rotatable bonds is 9. The van der Waals surface area contributed by atoms with E-state index in [-0.39, 0.29) is 31.3 Å². The molecule has 30 heavy (non-hydrogen) atoms. The molecule has 3 aromatic rings. The summed E-state index contributed by atoms with van der Waals surface area (Å²) < 4.78 is 10.4. The summed E-state index contributed by atoms with van der Waals surface area (Å²) in [5.74, 6) is -0.401. The van der Waals surface area contributed by atoms with Crippen LogP contribution in [0, 0.1) is 0 Å². The van der Waals surface area contributed by atoms with Gasteiger partial charge in [-0.25, -0.2) is 0 Å². The van der Waals surface area contributed by atoms with Crippen LogP contribution in [0.5, 0.6) is 5.75 Å². The lowest BCUT2D eigenvalue weighted by molar-refractivity contribution is -0.143. The van der Waals surface area contributed by atoms with Gasteiger partial charge in [-0.2, -0.15) is 0 Å². The molecule has 3 rings (SSSR count). The van der Waals surface area contributed by atoms with E-state index in [1.165, 1.54) is 0 Å². The van der Waals surface area contributed by atoms with Crippen LogP contribution in [0.4, 0.5) is 5.69 Å². The molecule has 0 radical (unpaired) electrons. The first-order valence-corrected chi connectivity index (χ1v) is 9.45. The molecule has 0 spiro atoms. The zero-order valence-electron chi connectivity index (χ0n) is 16.2. The number of Topliss-reactive ketones (excluding diaryl/α,β-unsaturated/α-hetero) is 1. The second-order valence-electron chi connectivity index (χ2n) is 6.39. The van der Waals surface area contributed by atoms with Crippen molar-refractivity contribution in [2.75, 3.05) is 18.5 Å². The molecule has 1 amide bonds. The molecule has 0 aromatic heterocycles. The molecule has 6 heteroatoms. The van der Waals surface area contributed by atoms with Gasteiger partial charge in [0.05, 0.1) is 13.0 Å². The van der Waals surface area contributed by atoms with E-state index in [9.17, 15) is 14.4 Å². The first-order valence-electron chi connectivity index (χ1n) is 9.45. The number of amides is 1. The summed E-state index contributed by atoms with van der Waals surface area (Å²) in [6, 6.07) is 24.4. The third-order valence-electron chi connectivity index (χ3n) is 4.18. The molecule has 1 N–H and O–H groups in total. The Morgan fingerprint density at radius 1 is 0.733 bits per heavy atom.